The first-order valence-electron chi connectivity index (χ1n) is 6.71. The molecule has 5 heteroatoms. The molecule has 21 heavy (non-hydrogen) atoms. The molecule has 0 fully saturated rings. The van der Waals surface area contributed by atoms with Crippen LogP contribution < -0.4 is 0 Å². The number of imidazole rings is 1. The largest absolute Gasteiger partial charge is 0.336 e. The maximum Gasteiger partial charge on any atom is 0.178 e. The van der Waals surface area contributed by atoms with E-state index in [1.54, 1.807) is 10.9 Å². The molecule has 0 atom stereocenters. The fraction of sp³-hybridized carbons (Fsp3) is 0.0625. The second-order valence-corrected chi connectivity index (χ2v) is 4.89. The van der Waals surface area contributed by atoms with Crippen molar-refractivity contribution >= 4 is 11.2 Å². The molecule has 0 unspecified atom stereocenters. The second-order valence-electron chi connectivity index (χ2n) is 4.89. The fourth-order valence-electron chi connectivity index (χ4n) is 2.44. The molecule has 4 aromatic rings. The van der Waals surface area contributed by atoms with Crippen LogP contribution in [0.2, 0.25) is 0 Å². The van der Waals surface area contributed by atoms with Gasteiger partial charge in [0.05, 0.1) is 11.1 Å². The Morgan fingerprint density at radius 3 is 2.71 bits per heavy atom. The number of aryl methyl sites for hydroxylation is 1. The van der Waals surface area contributed by atoms with Crippen LogP contribution in [0.5, 0.6) is 0 Å². The minimum Gasteiger partial charge on any atom is -0.336 e. The average Bonchev–Trinajstić information content (AvgIpc) is 3.11. The molecule has 0 radical (unpaired) electrons. The van der Waals surface area contributed by atoms with E-state index in [-0.39, 0.29) is 0 Å². The van der Waals surface area contributed by atoms with Gasteiger partial charge in [0, 0.05) is 25.0 Å². The molecule has 0 bridgehead atoms. The summed E-state index contributed by atoms with van der Waals surface area (Å²) in [4.78, 5) is 12.1. The van der Waals surface area contributed by atoms with Crippen LogP contribution in [0.15, 0.2) is 54.9 Å². The van der Waals surface area contributed by atoms with Gasteiger partial charge in [0.15, 0.2) is 5.65 Å². The third kappa shape index (κ3) is 1.99. The van der Waals surface area contributed by atoms with Gasteiger partial charge in [-0.3, -0.25) is 4.68 Å². The molecule has 0 aliphatic heterocycles. The van der Waals surface area contributed by atoms with Gasteiger partial charge in [-0.05, 0) is 12.1 Å². The van der Waals surface area contributed by atoms with E-state index >= 15 is 0 Å². The highest BCUT2D eigenvalue weighted by Gasteiger charge is 2.15. The predicted octanol–water partition coefficient (Wildman–Crippen LogP) is 3.03. The summed E-state index contributed by atoms with van der Waals surface area (Å²) in [5.41, 5.74) is 4.60. The van der Waals surface area contributed by atoms with E-state index < -0.39 is 0 Å². The molecule has 0 saturated carbocycles. The van der Waals surface area contributed by atoms with Crippen LogP contribution in [-0.4, -0.2) is 24.7 Å². The molecule has 1 aromatic carbocycles. The van der Waals surface area contributed by atoms with E-state index in [1.165, 1.54) is 0 Å². The molecule has 0 aliphatic carbocycles. The van der Waals surface area contributed by atoms with E-state index in [1.807, 2.05) is 55.7 Å². The summed E-state index contributed by atoms with van der Waals surface area (Å²) in [6, 6.07) is 14.0. The molecule has 0 saturated heterocycles. The Morgan fingerprint density at radius 2 is 1.90 bits per heavy atom. The van der Waals surface area contributed by atoms with Gasteiger partial charge in [-0.1, -0.05) is 30.3 Å². The van der Waals surface area contributed by atoms with Crippen LogP contribution in [-0.2, 0) is 7.05 Å². The van der Waals surface area contributed by atoms with Gasteiger partial charge in [-0.15, -0.1) is 0 Å². The maximum atomic E-state index is 4.56. The lowest BCUT2D eigenvalue weighted by Crippen LogP contribution is -1.87. The van der Waals surface area contributed by atoms with Crippen molar-refractivity contribution in [3.8, 4) is 22.6 Å². The Morgan fingerprint density at radius 1 is 1.05 bits per heavy atom. The third-order valence-electron chi connectivity index (χ3n) is 3.39. The Bertz CT molecular complexity index is 872. The smallest absolute Gasteiger partial charge is 0.178 e. The molecule has 1 N–H and O–H groups in total. The molecular weight excluding hydrogens is 262 g/mol. The average molecular weight is 275 g/mol. The van der Waals surface area contributed by atoms with Gasteiger partial charge >= 0.3 is 0 Å². The first-order valence-corrected chi connectivity index (χ1v) is 6.71. The van der Waals surface area contributed by atoms with Crippen LogP contribution in [0, 0.1) is 0 Å². The number of rotatable bonds is 2. The molecule has 3 aromatic heterocycles. The number of H-pyrrole nitrogens is 1. The van der Waals surface area contributed by atoms with Crippen molar-refractivity contribution in [2.24, 2.45) is 7.05 Å². The van der Waals surface area contributed by atoms with Gasteiger partial charge in [-0.2, -0.15) is 5.10 Å². The standard InChI is InChI=1S/C16H13N5/c1-21-10-12(14(20-21)11-6-3-2-4-7-11)15-18-13-8-5-9-17-16(13)19-15/h2-10H,1H3,(H,17,18,19). The summed E-state index contributed by atoms with van der Waals surface area (Å²) in [5.74, 6) is 0.788. The van der Waals surface area contributed by atoms with Crippen molar-refractivity contribution in [2.75, 3.05) is 0 Å². The van der Waals surface area contributed by atoms with Crippen LogP contribution in [0.4, 0.5) is 0 Å². The number of nitrogens with zero attached hydrogens (tertiary/aromatic N) is 4. The summed E-state index contributed by atoms with van der Waals surface area (Å²) >= 11 is 0. The zero-order chi connectivity index (χ0) is 14.2. The van der Waals surface area contributed by atoms with Crippen LogP contribution in [0.25, 0.3) is 33.8 Å². The number of aromatic nitrogens is 5. The highest BCUT2D eigenvalue weighted by atomic mass is 15.3. The van der Waals surface area contributed by atoms with Crippen molar-refractivity contribution in [1.29, 1.82) is 0 Å². The van der Waals surface area contributed by atoms with Crippen LogP contribution in [0.1, 0.15) is 0 Å². The molecular formula is C16H13N5. The number of fused-ring (bicyclic) bond motifs is 1. The number of pyridine rings is 1. The normalized spacial score (nSPS) is 11.1. The topological polar surface area (TPSA) is 59.4 Å². The minimum atomic E-state index is 0.718. The maximum absolute atomic E-state index is 4.56. The van der Waals surface area contributed by atoms with E-state index in [2.05, 4.69) is 20.1 Å². The van der Waals surface area contributed by atoms with Gasteiger partial charge in [0.2, 0.25) is 0 Å². The zero-order valence-electron chi connectivity index (χ0n) is 11.5. The lowest BCUT2D eigenvalue weighted by Gasteiger charge is -1.99. The van der Waals surface area contributed by atoms with E-state index in [4.69, 9.17) is 0 Å². The molecule has 102 valence electrons. The van der Waals surface area contributed by atoms with Crippen LogP contribution in [0.3, 0.4) is 0 Å². The Hall–Kier alpha value is -2.95. The highest BCUT2D eigenvalue weighted by molar-refractivity contribution is 5.82. The van der Waals surface area contributed by atoms with Crippen molar-refractivity contribution < 1.29 is 0 Å². The molecule has 4 rings (SSSR count). The van der Waals surface area contributed by atoms with Crippen LogP contribution >= 0.6 is 0 Å². The lowest BCUT2D eigenvalue weighted by molar-refractivity contribution is 0.771. The van der Waals surface area contributed by atoms with E-state index in [0.29, 0.717) is 0 Å². The van der Waals surface area contributed by atoms with E-state index in [0.717, 1.165) is 33.8 Å². The molecule has 0 amide bonds. The number of aromatic amines is 1. The number of nitrogens with one attached hydrogen (secondary N) is 1. The summed E-state index contributed by atoms with van der Waals surface area (Å²) in [6.45, 7) is 0. The molecule has 3 heterocycles. The number of benzene rings is 1. The van der Waals surface area contributed by atoms with Crippen molar-refractivity contribution in [3.63, 3.8) is 0 Å². The monoisotopic (exact) mass is 275 g/mol. The number of hydrogen-bond donors (Lipinski definition) is 1. The summed E-state index contributed by atoms with van der Waals surface area (Å²) in [6.07, 6.45) is 3.72. The Kier molecular flexibility index (Phi) is 2.57. The van der Waals surface area contributed by atoms with Gasteiger partial charge in [-0.25, -0.2) is 9.97 Å². The van der Waals surface area contributed by atoms with Gasteiger partial charge in [0.25, 0.3) is 0 Å². The minimum absolute atomic E-state index is 0.718. The summed E-state index contributed by atoms with van der Waals surface area (Å²) in [5, 5.41) is 4.56. The quantitative estimate of drug-likeness (QED) is 0.611. The van der Waals surface area contributed by atoms with Gasteiger partial charge < -0.3 is 4.98 Å². The highest BCUT2D eigenvalue weighted by Crippen LogP contribution is 2.29. The summed E-state index contributed by atoms with van der Waals surface area (Å²) in [7, 11) is 1.91. The van der Waals surface area contributed by atoms with E-state index in [9.17, 15) is 0 Å². The Balaban J connectivity index is 1.92. The zero-order valence-corrected chi connectivity index (χ0v) is 11.5. The third-order valence-corrected chi connectivity index (χ3v) is 3.39. The predicted molar refractivity (Wildman–Crippen MR) is 81.5 cm³/mol. The first-order chi connectivity index (χ1) is 10.3. The van der Waals surface area contributed by atoms with Gasteiger partial charge in [0.1, 0.15) is 11.5 Å². The first kappa shape index (κ1) is 11.8. The lowest BCUT2D eigenvalue weighted by atomic mass is 10.1. The van der Waals surface area contributed by atoms with Crippen molar-refractivity contribution in [1.82, 2.24) is 24.7 Å². The molecule has 0 spiro atoms. The molecule has 5 nitrogen and oxygen atoms in total. The SMILES string of the molecule is Cn1cc(-c2nc3ncccc3[nH]2)c(-c2ccccc2)n1. The molecule has 0 aliphatic rings. The van der Waals surface area contributed by atoms with Crippen molar-refractivity contribution in [2.45, 2.75) is 0 Å². The fourth-order valence-corrected chi connectivity index (χ4v) is 2.44. The van der Waals surface area contributed by atoms with Crippen molar-refractivity contribution in [3.05, 3.63) is 54.9 Å². The second kappa shape index (κ2) is 4.56. The summed E-state index contributed by atoms with van der Waals surface area (Å²) < 4.78 is 1.80. The number of hydrogen-bond acceptors (Lipinski definition) is 3. The Labute approximate surface area is 121 Å².